The molecule has 3 heterocycles. The zero-order valence-corrected chi connectivity index (χ0v) is 18.3. The van der Waals surface area contributed by atoms with E-state index in [4.69, 9.17) is 0 Å². The minimum atomic E-state index is 0.107. The molecule has 0 radical (unpaired) electrons. The SMILES string of the molecule is CCc1ccc(C(=O)N2CCCC(c3nnc(SCc4cccnc4)n3C)C2)cc1. The summed E-state index contributed by atoms with van der Waals surface area (Å²) >= 11 is 1.66. The van der Waals surface area contributed by atoms with E-state index in [2.05, 4.69) is 32.7 Å². The minimum absolute atomic E-state index is 0.107. The number of likely N-dealkylation sites (tertiary alicyclic amines) is 1. The van der Waals surface area contributed by atoms with Gasteiger partial charge in [0.25, 0.3) is 5.91 Å². The van der Waals surface area contributed by atoms with E-state index >= 15 is 0 Å². The Kier molecular flexibility index (Phi) is 6.47. The number of aromatic nitrogens is 4. The molecule has 0 bridgehead atoms. The van der Waals surface area contributed by atoms with Crippen molar-refractivity contribution in [3.8, 4) is 0 Å². The average Bonchev–Trinajstić information content (AvgIpc) is 3.18. The first kappa shape index (κ1) is 20.6. The second kappa shape index (κ2) is 9.43. The van der Waals surface area contributed by atoms with Gasteiger partial charge in [-0.1, -0.05) is 36.9 Å². The van der Waals surface area contributed by atoms with Gasteiger partial charge in [0, 0.05) is 49.8 Å². The zero-order valence-electron chi connectivity index (χ0n) is 17.5. The lowest BCUT2D eigenvalue weighted by Gasteiger charge is -2.32. The van der Waals surface area contributed by atoms with Gasteiger partial charge in [-0.2, -0.15) is 0 Å². The number of benzene rings is 1. The van der Waals surface area contributed by atoms with Crippen LogP contribution in [0.4, 0.5) is 0 Å². The lowest BCUT2D eigenvalue weighted by atomic mass is 9.96. The summed E-state index contributed by atoms with van der Waals surface area (Å²) in [5.41, 5.74) is 3.17. The van der Waals surface area contributed by atoms with Gasteiger partial charge in [0.1, 0.15) is 5.82 Å². The van der Waals surface area contributed by atoms with E-state index in [1.807, 2.05) is 48.5 Å². The first-order chi connectivity index (χ1) is 14.7. The maximum absolute atomic E-state index is 13.0. The first-order valence-electron chi connectivity index (χ1n) is 10.4. The van der Waals surface area contributed by atoms with Crippen LogP contribution >= 0.6 is 11.8 Å². The molecule has 0 saturated carbocycles. The van der Waals surface area contributed by atoms with Gasteiger partial charge in [0.2, 0.25) is 0 Å². The molecule has 3 aromatic rings. The van der Waals surface area contributed by atoms with Gasteiger partial charge in [-0.3, -0.25) is 9.78 Å². The normalized spacial score (nSPS) is 16.6. The van der Waals surface area contributed by atoms with Crippen LogP contribution in [-0.2, 0) is 19.2 Å². The van der Waals surface area contributed by atoms with Gasteiger partial charge in [-0.15, -0.1) is 10.2 Å². The summed E-state index contributed by atoms with van der Waals surface area (Å²) in [5.74, 6) is 2.09. The Bertz CT molecular complexity index is 987. The zero-order chi connectivity index (χ0) is 20.9. The molecule has 0 aliphatic carbocycles. The number of aryl methyl sites for hydroxylation is 1. The molecule has 1 atom stereocenters. The topological polar surface area (TPSA) is 63.9 Å². The minimum Gasteiger partial charge on any atom is -0.338 e. The van der Waals surface area contributed by atoms with E-state index in [-0.39, 0.29) is 11.8 Å². The molecule has 30 heavy (non-hydrogen) atoms. The number of amides is 1. The van der Waals surface area contributed by atoms with Crippen LogP contribution in [0.25, 0.3) is 0 Å². The molecule has 1 aliphatic heterocycles. The van der Waals surface area contributed by atoms with Gasteiger partial charge in [-0.05, 0) is 48.6 Å². The lowest BCUT2D eigenvalue weighted by molar-refractivity contribution is 0.0703. The molecule has 1 aliphatic rings. The molecule has 1 aromatic carbocycles. The number of hydrogen-bond acceptors (Lipinski definition) is 5. The maximum Gasteiger partial charge on any atom is 0.253 e. The fourth-order valence-electron chi connectivity index (χ4n) is 3.88. The van der Waals surface area contributed by atoms with E-state index in [0.29, 0.717) is 6.54 Å². The smallest absolute Gasteiger partial charge is 0.253 e. The molecule has 2 aromatic heterocycles. The van der Waals surface area contributed by atoms with E-state index in [0.717, 1.165) is 53.7 Å². The van der Waals surface area contributed by atoms with Crippen LogP contribution in [-0.4, -0.2) is 43.6 Å². The van der Waals surface area contributed by atoms with Crippen LogP contribution < -0.4 is 0 Å². The molecule has 1 unspecified atom stereocenters. The summed E-state index contributed by atoms with van der Waals surface area (Å²) in [6.45, 7) is 3.61. The predicted octanol–water partition coefficient (Wildman–Crippen LogP) is 4.08. The fraction of sp³-hybridized carbons (Fsp3) is 0.391. The lowest BCUT2D eigenvalue weighted by Crippen LogP contribution is -2.39. The summed E-state index contributed by atoms with van der Waals surface area (Å²) in [6.07, 6.45) is 6.64. The number of thioether (sulfide) groups is 1. The van der Waals surface area contributed by atoms with Gasteiger partial charge < -0.3 is 9.47 Å². The van der Waals surface area contributed by atoms with Gasteiger partial charge >= 0.3 is 0 Å². The van der Waals surface area contributed by atoms with Gasteiger partial charge in [0.05, 0.1) is 0 Å². The molecule has 7 heteroatoms. The predicted molar refractivity (Wildman–Crippen MR) is 118 cm³/mol. The average molecular weight is 422 g/mol. The van der Waals surface area contributed by atoms with Crippen LogP contribution in [0, 0.1) is 0 Å². The van der Waals surface area contributed by atoms with Gasteiger partial charge in [-0.25, -0.2) is 0 Å². The Hall–Kier alpha value is -2.67. The van der Waals surface area contributed by atoms with E-state index < -0.39 is 0 Å². The molecule has 1 amide bonds. The van der Waals surface area contributed by atoms with Crippen LogP contribution in [0.1, 0.15) is 53.0 Å². The molecule has 1 fully saturated rings. The third-order valence-electron chi connectivity index (χ3n) is 5.64. The number of carbonyl (C=O) groups excluding carboxylic acids is 1. The van der Waals surface area contributed by atoms with Crippen molar-refractivity contribution in [3.05, 3.63) is 71.3 Å². The third kappa shape index (κ3) is 4.56. The van der Waals surface area contributed by atoms with Crippen molar-refractivity contribution in [2.24, 2.45) is 7.05 Å². The van der Waals surface area contributed by atoms with Gasteiger partial charge in [0.15, 0.2) is 5.16 Å². The van der Waals surface area contributed by atoms with Crippen molar-refractivity contribution >= 4 is 17.7 Å². The van der Waals surface area contributed by atoms with E-state index in [1.165, 1.54) is 5.56 Å². The molecular weight excluding hydrogens is 394 g/mol. The molecular formula is C23H27N5OS. The Morgan fingerprint density at radius 2 is 2.00 bits per heavy atom. The number of piperidine rings is 1. The molecule has 6 nitrogen and oxygen atoms in total. The van der Waals surface area contributed by atoms with Crippen molar-refractivity contribution in [1.29, 1.82) is 0 Å². The number of carbonyl (C=O) groups is 1. The highest BCUT2D eigenvalue weighted by Gasteiger charge is 2.29. The summed E-state index contributed by atoms with van der Waals surface area (Å²) < 4.78 is 2.08. The van der Waals surface area contributed by atoms with Crippen molar-refractivity contribution < 1.29 is 4.79 Å². The highest BCUT2D eigenvalue weighted by molar-refractivity contribution is 7.98. The van der Waals surface area contributed by atoms with Crippen LogP contribution in [0.2, 0.25) is 0 Å². The van der Waals surface area contributed by atoms with Crippen molar-refractivity contribution in [3.63, 3.8) is 0 Å². The summed E-state index contributed by atoms with van der Waals surface area (Å²) in [5, 5.41) is 9.78. The first-order valence-corrected chi connectivity index (χ1v) is 11.4. The maximum atomic E-state index is 13.0. The molecule has 1 saturated heterocycles. The standard InChI is InChI=1S/C23H27N5OS/c1-3-17-8-10-19(11-9-17)22(29)28-13-5-7-20(15-28)21-25-26-23(27(21)2)30-16-18-6-4-12-24-14-18/h4,6,8-12,14,20H,3,5,7,13,15-16H2,1-2H3. The van der Waals surface area contributed by atoms with Crippen LogP contribution in [0.15, 0.2) is 53.9 Å². The second-order valence-corrected chi connectivity index (χ2v) is 8.63. The summed E-state index contributed by atoms with van der Waals surface area (Å²) in [6, 6.07) is 12.0. The van der Waals surface area contributed by atoms with Crippen molar-refractivity contribution in [1.82, 2.24) is 24.6 Å². The third-order valence-corrected chi connectivity index (χ3v) is 6.73. The quantitative estimate of drug-likeness (QED) is 0.561. The number of hydrogen-bond donors (Lipinski definition) is 0. The Morgan fingerprint density at radius 1 is 1.17 bits per heavy atom. The summed E-state index contributed by atoms with van der Waals surface area (Å²) in [7, 11) is 2.02. The highest BCUT2D eigenvalue weighted by Crippen LogP contribution is 2.29. The Morgan fingerprint density at radius 3 is 2.73 bits per heavy atom. The van der Waals surface area contributed by atoms with Crippen molar-refractivity contribution in [2.75, 3.05) is 13.1 Å². The second-order valence-electron chi connectivity index (χ2n) is 7.69. The van der Waals surface area contributed by atoms with E-state index in [9.17, 15) is 4.79 Å². The number of rotatable bonds is 6. The molecule has 0 N–H and O–H groups in total. The summed E-state index contributed by atoms with van der Waals surface area (Å²) in [4.78, 5) is 19.1. The number of nitrogens with zero attached hydrogens (tertiary/aromatic N) is 5. The molecule has 0 spiro atoms. The van der Waals surface area contributed by atoms with Crippen molar-refractivity contribution in [2.45, 2.75) is 43.0 Å². The van der Waals surface area contributed by atoms with Crippen LogP contribution in [0.3, 0.4) is 0 Å². The Labute approximate surface area is 181 Å². The molecule has 156 valence electrons. The fourth-order valence-corrected chi connectivity index (χ4v) is 4.73. The number of pyridine rings is 1. The van der Waals surface area contributed by atoms with Crippen LogP contribution in [0.5, 0.6) is 0 Å². The highest BCUT2D eigenvalue weighted by atomic mass is 32.2. The Balaban J connectivity index is 1.42. The monoisotopic (exact) mass is 421 g/mol. The molecule has 4 rings (SSSR count). The van der Waals surface area contributed by atoms with E-state index in [1.54, 1.807) is 18.0 Å². The largest absolute Gasteiger partial charge is 0.338 e.